The zero-order valence-corrected chi connectivity index (χ0v) is 22.0. The minimum absolute atomic E-state index is 0.122. The summed E-state index contributed by atoms with van der Waals surface area (Å²) in [6, 6.07) is 16.0. The molecule has 36 heavy (non-hydrogen) atoms. The van der Waals surface area contributed by atoms with Crippen molar-refractivity contribution in [1.82, 2.24) is 10.1 Å². The van der Waals surface area contributed by atoms with Crippen LogP contribution in [0.4, 0.5) is 11.6 Å². The average molecular weight is 505 g/mol. The predicted octanol–water partition coefficient (Wildman–Crippen LogP) is 5.18. The fourth-order valence-corrected chi connectivity index (χ4v) is 5.32. The van der Waals surface area contributed by atoms with Crippen molar-refractivity contribution >= 4 is 35.3 Å². The number of benzene rings is 1. The van der Waals surface area contributed by atoms with Gasteiger partial charge in [0, 0.05) is 41.6 Å². The number of carbonyl (C=O) groups is 1. The fraction of sp³-hybridized carbons (Fsp3) is 0.393. The van der Waals surface area contributed by atoms with Crippen LogP contribution in [0.5, 0.6) is 0 Å². The first-order chi connectivity index (χ1) is 17.4. The van der Waals surface area contributed by atoms with Crippen molar-refractivity contribution in [3.63, 3.8) is 0 Å². The maximum absolute atomic E-state index is 13.9. The maximum Gasteiger partial charge on any atom is 0.173 e. The number of carbonyl (C=O) groups excluding carboxylic acids is 1. The van der Waals surface area contributed by atoms with E-state index in [1.807, 2.05) is 51.1 Å². The van der Waals surface area contributed by atoms with Gasteiger partial charge in [0.25, 0.3) is 0 Å². The van der Waals surface area contributed by atoms with Crippen LogP contribution in [-0.2, 0) is 9.53 Å². The van der Waals surface area contributed by atoms with Gasteiger partial charge >= 0.3 is 0 Å². The number of anilines is 2. The summed E-state index contributed by atoms with van der Waals surface area (Å²) in [6.07, 6.45) is 4.02. The highest BCUT2D eigenvalue weighted by atomic mass is 32.2. The van der Waals surface area contributed by atoms with E-state index in [-0.39, 0.29) is 11.8 Å². The summed E-state index contributed by atoms with van der Waals surface area (Å²) in [6.45, 7) is 9.41. The topological polar surface area (TPSA) is 71.7 Å². The molecule has 3 aromatic rings. The first-order valence-corrected chi connectivity index (χ1v) is 13.5. The minimum Gasteiger partial charge on any atom is -0.378 e. The SMILES string of the molecule is CSc1ccc(C2/C(=C/c3cccc(N4CCOCC4)n3)C(=O)C(C)(C)CN2c2cc(C)on2)cc1. The molecule has 0 amide bonds. The van der Waals surface area contributed by atoms with Gasteiger partial charge in [-0.15, -0.1) is 11.8 Å². The average Bonchev–Trinajstić information content (AvgIpc) is 3.33. The van der Waals surface area contributed by atoms with E-state index in [0.29, 0.717) is 25.3 Å². The van der Waals surface area contributed by atoms with Crippen LogP contribution in [-0.4, -0.2) is 55.0 Å². The number of hydrogen-bond donors (Lipinski definition) is 0. The van der Waals surface area contributed by atoms with Crippen LogP contribution < -0.4 is 9.80 Å². The monoisotopic (exact) mass is 504 g/mol. The molecule has 0 aliphatic carbocycles. The highest BCUT2D eigenvalue weighted by molar-refractivity contribution is 7.98. The second-order valence-corrected chi connectivity index (χ2v) is 10.8. The third-order valence-corrected chi connectivity index (χ3v) is 7.53. The molecule has 2 aromatic heterocycles. The molecule has 0 saturated carbocycles. The van der Waals surface area contributed by atoms with E-state index in [0.717, 1.165) is 41.7 Å². The third kappa shape index (κ3) is 4.92. The summed E-state index contributed by atoms with van der Waals surface area (Å²) < 4.78 is 10.9. The van der Waals surface area contributed by atoms with Crippen LogP contribution in [0.15, 0.2) is 63.5 Å². The van der Waals surface area contributed by atoms with Gasteiger partial charge in [-0.3, -0.25) is 4.79 Å². The second kappa shape index (κ2) is 10.1. The summed E-state index contributed by atoms with van der Waals surface area (Å²) in [5.74, 6) is 2.49. The highest BCUT2D eigenvalue weighted by Crippen LogP contribution is 2.44. The molecule has 188 valence electrons. The van der Waals surface area contributed by atoms with E-state index >= 15 is 0 Å². The van der Waals surface area contributed by atoms with Gasteiger partial charge in [0.2, 0.25) is 0 Å². The number of Topliss-reactive ketones (excluding diaryl/α,β-unsaturated/α-hetero) is 1. The van der Waals surface area contributed by atoms with E-state index in [4.69, 9.17) is 14.2 Å². The first-order valence-electron chi connectivity index (χ1n) is 12.3. The predicted molar refractivity (Wildman–Crippen MR) is 144 cm³/mol. The van der Waals surface area contributed by atoms with Crippen LogP contribution in [0.2, 0.25) is 0 Å². The van der Waals surface area contributed by atoms with Crippen molar-refractivity contribution < 1.29 is 14.1 Å². The summed E-state index contributed by atoms with van der Waals surface area (Å²) in [7, 11) is 0. The number of aromatic nitrogens is 2. The number of ether oxygens (including phenoxy) is 1. The lowest BCUT2D eigenvalue weighted by Crippen LogP contribution is -2.49. The molecule has 0 bridgehead atoms. The van der Waals surface area contributed by atoms with Gasteiger partial charge in [-0.2, -0.15) is 0 Å². The van der Waals surface area contributed by atoms with E-state index in [1.54, 1.807) is 11.8 Å². The normalized spacial score (nSPS) is 21.3. The molecule has 8 heteroatoms. The van der Waals surface area contributed by atoms with Crippen LogP contribution in [0.1, 0.15) is 36.9 Å². The van der Waals surface area contributed by atoms with Crippen molar-refractivity contribution in [2.45, 2.75) is 31.7 Å². The number of rotatable bonds is 5. The molecule has 0 N–H and O–H groups in total. The molecule has 2 saturated heterocycles. The number of hydrogen-bond acceptors (Lipinski definition) is 8. The standard InChI is InChI=1S/C28H32N4O3S/c1-19-16-25(30-35-19)32-18-28(2,3)27(33)23(26(32)20-8-10-22(36-4)11-9-20)17-21-6-5-7-24(29-21)31-12-14-34-15-13-31/h5-11,16-17,26H,12-15,18H2,1-4H3/b23-17-. The zero-order chi connectivity index (χ0) is 25.3. The van der Waals surface area contributed by atoms with Gasteiger partial charge in [-0.1, -0.05) is 37.2 Å². The van der Waals surface area contributed by atoms with Crippen molar-refractivity contribution in [2.24, 2.45) is 5.41 Å². The Hall–Kier alpha value is -3.10. The van der Waals surface area contributed by atoms with E-state index in [9.17, 15) is 4.79 Å². The Labute approximate surface area is 216 Å². The van der Waals surface area contributed by atoms with E-state index in [1.165, 1.54) is 4.90 Å². The molecule has 4 heterocycles. The maximum atomic E-state index is 13.9. The van der Waals surface area contributed by atoms with Gasteiger partial charge < -0.3 is 19.1 Å². The number of pyridine rings is 1. The minimum atomic E-state index is -0.601. The van der Waals surface area contributed by atoms with Crippen LogP contribution in [0, 0.1) is 12.3 Å². The van der Waals surface area contributed by atoms with Crippen molar-refractivity contribution in [3.05, 3.63) is 71.1 Å². The number of aryl methyl sites for hydroxylation is 1. The number of thioether (sulfide) groups is 1. The Morgan fingerprint density at radius 1 is 1.08 bits per heavy atom. The third-order valence-electron chi connectivity index (χ3n) is 6.78. The molecule has 2 aliphatic rings. The Bertz CT molecular complexity index is 1260. The second-order valence-electron chi connectivity index (χ2n) is 9.93. The number of ketones is 1. The van der Waals surface area contributed by atoms with Gasteiger partial charge in [0.1, 0.15) is 11.6 Å². The van der Waals surface area contributed by atoms with Crippen LogP contribution >= 0.6 is 11.8 Å². The molecular weight excluding hydrogens is 472 g/mol. The van der Waals surface area contributed by atoms with Gasteiger partial charge in [-0.25, -0.2) is 4.98 Å². The van der Waals surface area contributed by atoms with Gasteiger partial charge in [-0.05, 0) is 49.1 Å². The summed E-state index contributed by atoms with van der Waals surface area (Å²) in [5.41, 5.74) is 1.90. The first kappa shape index (κ1) is 24.6. The molecule has 1 atom stereocenters. The Morgan fingerprint density at radius 3 is 2.50 bits per heavy atom. The van der Waals surface area contributed by atoms with E-state index < -0.39 is 5.41 Å². The molecule has 0 radical (unpaired) electrons. The van der Waals surface area contributed by atoms with Gasteiger partial charge in [0.05, 0.1) is 24.9 Å². The molecule has 5 rings (SSSR count). The summed E-state index contributed by atoms with van der Waals surface area (Å²) in [5, 5.41) is 4.33. The fourth-order valence-electron chi connectivity index (χ4n) is 4.91. The van der Waals surface area contributed by atoms with E-state index in [2.05, 4.69) is 45.5 Å². The smallest absolute Gasteiger partial charge is 0.173 e. The number of nitrogens with zero attached hydrogens (tertiary/aromatic N) is 4. The molecule has 0 spiro atoms. The summed E-state index contributed by atoms with van der Waals surface area (Å²) >= 11 is 1.70. The lowest BCUT2D eigenvalue weighted by Gasteiger charge is -2.44. The molecule has 2 aliphatic heterocycles. The number of morpholine rings is 1. The molecule has 1 aromatic carbocycles. The Balaban J connectivity index is 1.62. The van der Waals surface area contributed by atoms with Crippen molar-refractivity contribution in [3.8, 4) is 0 Å². The lowest BCUT2D eigenvalue weighted by molar-refractivity contribution is -0.124. The van der Waals surface area contributed by atoms with Crippen molar-refractivity contribution in [1.29, 1.82) is 0 Å². The summed E-state index contributed by atoms with van der Waals surface area (Å²) in [4.78, 5) is 24.4. The van der Waals surface area contributed by atoms with Crippen LogP contribution in [0.3, 0.4) is 0 Å². The number of piperidine rings is 1. The zero-order valence-electron chi connectivity index (χ0n) is 21.2. The highest BCUT2D eigenvalue weighted by Gasteiger charge is 2.45. The molecule has 7 nitrogen and oxygen atoms in total. The Morgan fingerprint density at radius 2 is 1.83 bits per heavy atom. The molecule has 2 fully saturated rings. The lowest BCUT2D eigenvalue weighted by atomic mass is 9.74. The van der Waals surface area contributed by atoms with Crippen molar-refractivity contribution in [2.75, 3.05) is 48.9 Å². The van der Waals surface area contributed by atoms with Crippen LogP contribution in [0.25, 0.3) is 6.08 Å². The molecular formula is C28H32N4O3S. The Kier molecular flexibility index (Phi) is 6.90. The van der Waals surface area contributed by atoms with Gasteiger partial charge in [0.15, 0.2) is 11.6 Å². The largest absolute Gasteiger partial charge is 0.378 e. The quantitative estimate of drug-likeness (QED) is 0.348. The molecule has 1 unspecified atom stereocenters.